The second-order valence-corrected chi connectivity index (χ2v) is 5.14. The van der Waals surface area contributed by atoms with E-state index in [0.29, 0.717) is 17.8 Å². The molecule has 0 aliphatic rings. The van der Waals surface area contributed by atoms with Gasteiger partial charge in [-0.3, -0.25) is 4.79 Å². The van der Waals surface area contributed by atoms with Gasteiger partial charge in [-0.1, -0.05) is 12.1 Å². The number of nitrogen functional groups attached to an aromatic ring is 1. The maximum atomic E-state index is 12.3. The Morgan fingerprint density at radius 2 is 2.10 bits per heavy atom. The Morgan fingerprint density at radius 1 is 1.33 bits per heavy atom. The van der Waals surface area contributed by atoms with E-state index in [1.165, 1.54) is 0 Å². The van der Waals surface area contributed by atoms with Crippen LogP contribution in [-0.2, 0) is 6.54 Å². The molecule has 5 heteroatoms. The number of aromatic nitrogens is 1. The number of carbonyl (C=O) groups excluding carboxylic acids is 1. The van der Waals surface area contributed by atoms with Gasteiger partial charge in [0, 0.05) is 43.7 Å². The van der Waals surface area contributed by atoms with Crippen LogP contribution in [-0.4, -0.2) is 25.0 Å². The first-order chi connectivity index (χ1) is 9.99. The molecule has 1 aromatic carbocycles. The molecule has 0 radical (unpaired) electrons. The lowest BCUT2D eigenvalue weighted by atomic mass is 10.1. The van der Waals surface area contributed by atoms with Crippen LogP contribution >= 0.6 is 0 Å². The van der Waals surface area contributed by atoms with Crippen LogP contribution < -0.4 is 16.0 Å². The van der Waals surface area contributed by atoms with Gasteiger partial charge in [-0.25, -0.2) is 4.98 Å². The summed E-state index contributed by atoms with van der Waals surface area (Å²) in [6.07, 6.45) is 1.74. The summed E-state index contributed by atoms with van der Waals surface area (Å²) in [4.78, 5) is 18.5. The fourth-order valence-corrected chi connectivity index (χ4v) is 2.13. The first-order valence-electron chi connectivity index (χ1n) is 6.74. The van der Waals surface area contributed by atoms with Gasteiger partial charge in [0.1, 0.15) is 5.82 Å². The number of hydrogen-bond donors (Lipinski definition) is 2. The quantitative estimate of drug-likeness (QED) is 0.842. The molecular formula is C16H20N4O. The SMILES string of the molecule is Cc1ccc(N)cc1C(=O)NCc1cccnc1N(C)C. The van der Waals surface area contributed by atoms with Crippen molar-refractivity contribution in [1.82, 2.24) is 10.3 Å². The molecule has 1 aromatic heterocycles. The molecule has 0 saturated carbocycles. The molecule has 0 aliphatic heterocycles. The van der Waals surface area contributed by atoms with Crippen LogP contribution in [0.15, 0.2) is 36.5 Å². The van der Waals surface area contributed by atoms with E-state index in [1.807, 2.05) is 44.1 Å². The van der Waals surface area contributed by atoms with Gasteiger partial charge in [-0.05, 0) is 30.7 Å². The number of rotatable bonds is 4. The summed E-state index contributed by atoms with van der Waals surface area (Å²) in [5.41, 5.74) is 8.80. The molecule has 1 heterocycles. The average molecular weight is 284 g/mol. The molecule has 5 nitrogen and oxygen atoms in total. The van der Waals surface area contributed by atoms with Crippen LogP contribution in [0.4, 0.5) is 11.5 Å². The van der Waals surface area contributed by atoms with E-state index in [2.05, 4.69) is 10.3 Å². The maximum Gasteiger partial charge on any atom is 0.251 e. The van der Waals surface area contributed by atoms with Gasteiger partial charge in [-0.2, -0.15) is 0 Å². The fourth-order valence-electron chi connectivity index (χ4n) is 2.13. The highest BCUT2D eigenvalue weighted by atomic mass is 16.1. The predicted octanol–water partition coefficient (Wildman–Crippen LogP) is 1.97. The largest absolute Gasteiger partial charge is 0.399 e. The molecule has 0 aliphatic carbocycles. The molecule has 1 amide bonds. The monoisotopic (exact) mass is 284 g/mol. The molecule has 0 bridgehead atoms. The zero-order chi connectivity index (χ0) is 15.4. The zero-order valence-corrected chi connectivity index (χ0v) is 12.6. The standard InChI is InChI=1S/C16H20N4O/c1-11-6-7-13(17)9-14(11)16(21)19-10-12-5-4-8-18-15(12)20(2)3/h4-9H,10,17H2,1-3H3,(H,19,21). The van der Waals surface area contributed by atoms with E-state index in [-0.39, 0.29) is 5.91 Å². The van der Waals surface area contributed by atoms with Gasteiger partial charge in [0.25, 0.3) is 5.91 Å². The van der Waals surface area contributed by atoms with Crippen molar-refractivity contribution in [3.05, 3.63) is 53.2 Å². The molecule has 2 rings (SSSR count). The molecule has 0 spiro atoms. The number of pyridine rings is 1. The molecule has 0 fully saturated rings. The Bertz CT molecular complexity index is 652. The van der Waals surface area contributed by atoms with Crippen molar-refractivity contribution in [2.75, 3.05) is 24.7 Å². The van der Waals surface area contributed by atoms with Crippen molar-refractivity contribution in [2.24, 2.45) is 0 Å². The molecule has 0 saturated heterocycles. The van der Waals surface area contributed by atoms with Gasteiger partial charge in [-0.15, -0.1) is 0 Å². The van der Waals surface area contributed by atoms with Crippen LogP contribution in [0.1, 0.15) is 21.5 Å². The number of nitrogens with one attached hydrogen (secondary N) is 1. The number of benzene rings is 1. The lowest BCUT2D eigenvalue weighted by Crippen LogP contribution is -2.25. The molecular weight excluding hydrogens is 264 g/mol. The molecule has 0 unspecified atom stereocenters. The average Bonchev–Trinajstić information content (AvgIpc) is 2.47. The van der Waals surface area contributed by atoms with Gasteiger partial charge < -0.3 is 16.0 Å². The summed E-state index contributed by atoms with van der Waals surface area (Å²) in [5.74, 6) is 0.718. The Balaban J connectivity index is 2.13. The highest BCUT2D eigenvalue weighted by Crippen LogP contribution is 2.15. The Morgan fingerprint density at radius 3 is 2.81 bits per heavy atom. The van der Waals surface area contributed by atoms with Crippen LogP contribution in [0.25, 0.3) is 0 Å². The third kappa shape index (κ3) is 3.51. The van der Waals surface area contributed by atoms with E-state index in [4.69, 9.17) is 5.73 Å². The lowest BCUT2D eigenvalue weighted by molar-refractivity contribution is 0.0950. The number of nitrogens with two attached hydrogens (primary N) is 1. The smallest absolute Gasteiger partial charge is 0.251 e. The van der Waals surface area contributed by atoms with E-state index in [1.54, 1.807) is 18.3 Å². The van der Waals surface area contributed by atoms with Crippen LogP contribution in [0.2, 0.25) is 0 Å². The third-order valence-electron chi connectivity index (χ3n) is 3.24. The topological polar surface area (TPSA) is 71.2 Å². The van der Waals surface area contributed by atoms with Crippen molar-refractivity contribution in [2.45, 2.75) is 13.5 Å². The summed E-state index contributed by atoms with van der Waals surface area (Å²) in [7, 11) is 3.85. The van der Waals surface area contributed by atoms with Crippen molar-refractivity contribution < 1.29 is 4.79 Å². The number of hydrogen-bond acceptors (Lipinski definition) is 4. The fraction of sp³-hybridized carbons (Fsp3) is 0.250. The first kappa shape index (κ1) is 14.8. The minimum Gasteiger partial charge on any atom is -0.399 e. The van der Waals surface area contributed by atoms with Crippen LogP contribution in [0.3, 0.4) is 0 Å². The van der Waals surface area contributed by atoms with E-state index in [9.17, 15) is 4.79 Å². The maximum absolute atomic E-state index is 12.3. The number of aryl methyl sites for hydroxylation is 1. The number of anilines is 2. The van der Waals surface area contributed by atoms with Gasteiger partial charge in [0.15, 0.2) is 0 Å². The molecule has 21 heavy (non-hydrogen) atoms. The zero-order valence-electron chi connectivity index (χ0n) is 12.6. The van der Waals surface area contributed by atoms with Crippen molar-refractivity contribution in [1.29, 1.82) is 0 Å². The van der Waals surface area contributed by atoms with Crippen LogP contribution in [0, 0.1) is 6.92 Å². The van der Waals surface area contributed by atoms with Gasteiger partial charge >= 0.3 is 0 Å². The minimum atomic E-state index is -0.131. The highest BCUT2D eigenvalue weighted by molar-refractivity contribution is 5.96. The van der Waals surface area contributed by atoms with Crippen molar-refractivity contribution in [3.63, 3.8) is 0 Å². The molecule has 110 valence electrons. The third-order valence-corrected chi connectivity index (χ3v) is 3.24. The number of carbonyl (C=O) groups is 1. The first-order valence-corrected chi connectivity index (χ1v) is 6.74. The number of amides is 1. The summed E-state index contributed by atoms with van der Waals surface area (Å²) in [5, 5.41) is 2.92. The lowest BCUT2D eigenvalue weighted by Gasteiger charge is -2.16. The predicted molar refractivity (Wildman–Crippen MR) is 85.3 cm³/mol. The molecule has 0 atom stereocenters. The van der Waals surface area contributed by atoms with Crippen molar-refractivity contribution in [3.8, 4) is 0 Å². The normalized spacial score (nSPS) is 10.2. The molecule has 2 aromatic rings. The second kappa shape index (κ2) is 6.26. The molecule has 3 N–H and O–H groups in total. The Kier molecular flexibility index (Phi) is 4.42. The summed E-state index contributed by atoms with van der Waals surface area (Å²) < 4.78 is 0. The highest BCUT2D eigenvalue weighted by Gasteiger charge is 2.11. The van der Waals surface area contributed by atoms with E-state index in [0.717, 1.165) is 16.9 Å². The number of nitrogens with zero attached hydrogens (tertiary/aromatic N) is 2. The Hall–Kier alpha value is -2.56. The summed E-state index contributed by atoms with van der Waals surface area (Å²) >= 11 is 0. The van der Waals surface area contributed by atoms with Gasteiger partial charge in [0.2, 0.25) is 0 Å². The second-order valence-electron chi connectivity index (χ2n) is 5.14. The Labute approximate surface area is 124 Å². The van der Waals surface area contributed by atoms with E-state index < -0.39 is 0 Å². The van der Waals surface area contributed by atoms with Crippen molar-refractivity contribution >= 4 is 17.4 Å². The summed E-state index contributed by atoms with van der Waals surface area (Å²) in [6.45, 7) is 2.32. The minimum absolute atomic E-state index is 0.131. The summed E-state index contributed by atoms with van der Waals surface area (Å²) in [6, 6.07) is 9.15. The van der Waals surface area contributed by atoms with Crippen LogP contribution in [0.5, 0.6) is 0 Å². The van der Waals surface area contributed by atoms with Gasteiger partial charge in [0.05, 0.1) is 0 Å². The van der Waals surface area contributed by atoms with E-state index >= 15 is 0 Å².